The molecule has 1 aromatic heterocycles. The number of aromatic amines is 1. The summed E-state index contributed by atoms with van der Waals surface area (Å²) in [6, 6.07) is 1.90. The van der Waals surface area contributed by atoms with Gasteiger partial charge in [-0.25, -0.2) is 0 Å². The summed E-state index contributed by atoms with van der Waals surface area (Å²) >= 11 is 0. The Bertz CT molecular complexity index is 266. The van der Waals surface area contributed by atoms with Gasteiger partial charge in [-0.2, -0.15) is 5.10 Å². The fourth-order valence-electron chi connectivity index (χ4n) is 1.68. The topological polar surface area (TPSA) is 63.9 Å². The summed E-state index contributed by atoms with van der Waals surface area (Å²) in [6.07, 6.45) is 3.39. The van der Waals surface area contributed by atoms with E-state index < -0.39 is 0 Å². The standard InChI is InChI=1S/C9H15N3O/c10-9-5-8(11-12-9)2-1-7-3-4-13-6-7/h5,7H,1-4,6H2,(H3,10,11,12). The number of hydrogen-bond acceptors (Lipinski definition) is 3. The molecule has 2 heterocycles. The quantitative estimate of drug-likeness (QED) is 0.730. The third kappa shape index (κ3) is 2.21. The van der Waals surface area contributed by atoms with E-state index in [2.05, 4.69) is 10.2 Å². The van der Waals surface area contributed by atoms with Gasteiger partial charge in [0.25, 0.3) is 0 Å². The number of nitrogens with two attached hydrogens (primary N) is 1. The second-order valence-electron chi connectivity index (χ2n) is 3.59. The van der Waals surface area contributed by atoms with Gasteiger partial charge in [0.05, 0.1) is 0 Å². The van der Waals surface area contributed by atoms with Crippen molar-refractivity contribution < 1.29 is 4.74 Å². The second-order valence-corrected chi connectivity index (χ2v) is 3.59. The summed E-state index contributed by atoms with van der Waals surface area (Å²) < 4.78 is 5.30. The highest BCUT2D eigenvalue weighted by Gasteiger charge is 2.15. The maximum Gasteiger partial charge on any atom is 0.145 e. The van der Waals surface area contributed by atoms with Crippen molar-refractivity contribution >= 4 is 5.82 Å². The largest absolute Gasteiger partial charge is 0.382 e. The highest BCUT2D eigenvalue weighted by Crippen LogP contribution is 2.18. The van der Waals surface area contributed by atoms with E-state index in [1.165, 1.54) is 12.8 Å². The molecule has 13 heavy (non-hydrogen) atoms. The van der Waals surface area contributed by atoms with Crippen LogP contribution in [0.25, 0.3) is 0 Å². The molecule has 4 heteroatoms. The molecule has 4 nitrogen and oxygen atoms in total. The zero-order chi connectivity index (χ0) is 9.10. The minimum Gasteiger partial charge on any atom is -0.382 e. The lowest BCUT2D eigenvalue weighted by molar-refractivity contribution is 0.184. The molecule has 2 rings (SSSR count). The highest BCUT2D eigenvalue weighted by molar-refractivity contribution is 5.28. The molecule has 1 atom stereocenters. The lowest BCUT2D eigenvalue weighted by Crippen LogP contribution is -2.01. The maximum atomic E-state index is 5.50. The van der Waals surface area contributed by atoms with Crippen LogP contribution >= 0.6 is 0 Å². The highest BCUT2D eigenvalue weighted by atomic mass is 16.5. The van der Waals surface area contributed by atoms with Gasteiger partial charge < -0.3 is 10.5 Å². The SMILES string of the molecule is Nc1cc(CCC2CCOC2)[nH]n1. The van der Waals surface area contributed by atoms with Crippen molar-refractivity contribution in [2.24, 2.45) is 5.92 Å². The average molecular weight is 181 g/mol. The Balaban J connectivity index is 1.78. The Labute approximate surface area is 77.5 Å². The van der Waals surface area contributed by atoms with Crippen molar-refractivity contribution in [3.8, 4) is 0 Å². The monoisotopic (exact) mass is 181 g/mol. The van der Waals surface area contributed by atoms with Gasteiger partial charge in [-0.15, -0.1) is 0 Å². The van der Waals surface area contributed by atoms with Crippen LogP contribution in [0.4, 0.5) is 5.82 Å². The van der Waals surface area contributed by atoms with Crippen LogP contribution in [0.1, 0.15) is 18.5 Å². The minimum atomic E-state index is 0.581. The van der Waals surface area contributed by atoms with Gasteiger partial charge in [0.15, 0.2) is 0 Å². The van der Waals surface area contributed by atoms with E-state index in [4.69, 9.17) is 10.5 Å². The van der Waals surface area contributed by atoms with Crippen molar-refractivity contribution in [2.75, 3.05) is 18.9 Å². The van der Waals surface area contributed by atoms with Crippen LogP contribution in [0.5, 0.6) is 0 Å². The molecule has 1 saturated heterocycles. The molecule has 72 valence electrons. The first kappa shape index (κ1) is 8.56. The van der Waals surface area contributed by atoms with Gasteiger partial charge in [0.1, 0.15) is 5.82 Å². The number of nitrogens with zero attached hydrogens (tertiary/aromatic N) is 1. The van der Waals surface area contributed by atoms with Gasteiger partial charge in [-0.05, 0) is 25.2 Å². The van der Waals surface area contributed by atoms with Crippen LogP contribution < -0.4 is 5.73 Å². The number of H-pyrrole nitrogens is 1. The third-order valence-electron chi connectivity index (χ3n) is 2.50. The molecule has 1 unspecified atom stereocenters. The summed E-state index contributed by atoms with van der Waals surface area (Å²) in [7, 11) is 0. The fourth-order valence-corrected chi connectivity index (χ4v) is 1.68. The number of rotatable bonds is 3. The molecule has 0 amide bonds. The molecule has 0 radical (unpaired) electrons. The van der Waals surface area contributed by atoms with E-state index in [0.717, 1.165) is 31.2 Å². The molecule has 1 fully saturated rings. The molecule has 1 aromatic rings. The lowest BCUT2D eigenvalue weighted by atomic mass is 10.0. The van der Waals surface area contributed by atoms with Crippen LogP contribution in [0, 0.1) is 5.92 Å². The number of aromatic nitrogens is 2. The molecule has 1 aliphatic heterocycles. The minimum absolute atomic E-state index is 0.581. The van der Waals surface area contributed by atoms with E-state index in [1.807, 2.05) is 6.07 Å². The van der Waals surface area contributed by atoms with Crippen molar-refractivity contribution in [1.29, 1.82) is 0 Å². The summed E-state index contributed by atoms with van der Waals surface area (Å²) in [6.45, 7) is 1.85. The van der Waals surface area contributed by atoms with Crippen molar-refractivity contribution in [2.45, 2.75) is 19.3 Å². The van der Waals surface area contributed by atoms with Gasteiger partial charge in [0, 0.05) is 25.0 Å². The van der Waals surface area contributed by atoms with Gasteiger partial charge in [-0.1, -0.05) is 0 Å². The molecule has 0 aromatic carbocycles. The van der Waals surface area contributed by atoms with Gasteiger partial charge in [0.2, 0.25) is 0 Å². The number of nitrogens with one attached hydrogen (secondary N) is 1. The summed E-state index contributed by atoms with van der Waals surface area (Å²) in [5, 5.41) is 6.80. The van der Waals surface area contributed by atoms with Crippen LogP contribution in [0.15, 0.2) is 6.07 Å². The molecule has 1 aliphatic rings. The first-order chi connectivity index (χ1) is 6.34. The van der Waals surface area contributed by atoms with Crippen molar-refractivity contribution in [3.05, 3.63) is 11.8 Å². The molecular formula is C9H15N3O. The molecule has 0 saturated carbocycles. The molecule has 0 spiro atoms. The lowest BCUT2D eigenvalue weighted by Gasteiger charge is -2.04. The zero-order valence-electron chi connectivity index (χ0n) is 7.62. The molecular weight excluding hydrogens is 166 g/mol. The van der Waals surface area contributed by atoms with Crippen LogP contribution in [0.3, 0.4) is 0 Å². The number of anilines is 1. The van der Waals surface area contributed by atoms with E-state index in [-0.39, 0.29) is 0 Å². The summed E-state index contributed by atoms with van der Waals surface area (Å²) in [5.74, 6) is 1.31. The number of aryl methyl sites for hydroxylation is 1. The Hall–Kier alpha value is -1.03. The van der Waals surface area contributed by atoms with Gasteiger partial charge in [-0.3, -0.25) is 5.10 Å². The van der Waals surface area contributed by atoms with E-state index >= 15 is 0 Å². The smallest absolute Gasteiger partial charge is 0.145 e. The normalized spacial score (nSPS) is 22.3. The number of nitrogen functional groups attached to an aromatic ring is 1. The average Bonchev–Trinajstić information content (AvgIpc) is 2.71. The predicted octanol–water partition coefficient (Wildman–Crippen LogP) is 0.961. The van der Waals surface area contributed by atoms with Crippen LogP contribution in [0.2, 0.25) is 0 Å². The first-order valence-electron chi connectivity index (χ1n) is 4.72. The number of hydrogen-bond donors (Lipinski definition) is 2. The Morgan fingerprint density at radius 2 is 2.62 bits per heavy atom. The maximum absolute atomic E-state index is 5.50. The Kier molecular flexibility index (Phi) is 2.49. The fraction of sp³-hybridized carbons (Fsp3) is 0.667. The van der Waals surface area contributed by atoms with Crippen molar-refractivity contribution in [3.63, 3.8) is 0 Å². The summed E-state index contributed by atoms with van der Waals surface area (Å²) in [5.41, 5.74) is 6.62. The zero-order valence-corrected chi connectivity index (χ0v) is 7.62. The predicted molar refractivity (Wildman–Crippen MR) is 50.2 cm³/mol. The first-order valence-corrected chi connectivity index (χ1v) is 4.72. The second kappa shape index (κ2) is 3.79. The van der Waals surface area contributed by atoms with Crippen LogP contribution in [-0.2, 0) is 11.2 Å². The number of ether oxygens (including phenoxy) is 1. The van der Waals surface area contributed by atoms with E-state index in [9.17, 15) is 0 Å². The molecule has 0 bridgehead atoms. The third-order valence-corrected chi connectivity index (χ3v) is 2.50. The molecule has 0 aliphatic carbocycles. The van der Waals surface area contributed by atoms with Crippen LogP contribution in [-0.4, -0.2) is 23.4 Å². The Morgan fingerprint density at radius 1 is 1.69 bits per heavy atom. The van der Waals surface area contributed by atoms with Crippen molar-refractivity contribution in [1.82, 2.24) is 10.2 Å². The van der Waals surface area contributed by atoms with E-state index in [1.54, 1.807) is 0 Å². The summed E-state index contributed by atoms with van der Waals surface area (Å²) in [4.78, 5) is 0. The van der Waals surface area contributed by atoms with E-state index in [0.29, 0.717) is 5.82 Å². The van der Waals surface area contributed by atoms with Gasteiger partial charge >= 0.3 is 0 Å². The molecule has 3 N–H and O–H groups in total. The Morgan fingerprint density at radius 3 is 3.23 bits per heavy atom.